The summed E-state index contributed by atoms with van der Waals surface area (Å²) in [4.78, 5) is 11.1. The van der Waals surface area contributed by atoms with Crippen LogP contribution in [-0.4, -0.2) is 33.7 Å². The highest BCUT2D eigenvalue weighted by Gasteiger charge is 2.31. The van der Waals surface area contributed by atoms with Crippen LogP contribution in [0.5, 0.6) is 5.88 Å². The zero-order valence-electron chi connectivity index (χ0n) is 13.4. The van der Waals surface area contributed by atoms with Gasteiger partial charge in [-0.15, -0.1) is 0 Å². The van der Waals surface area contributed by atoms with Gasteiger partial charge in [-0.25, -0.2) is 4.98 Å². The Labute approximate surface area is 139 Å². The maximum Gasteiger partial charge on any atom is 0.244 e. The van der Waals surface area contributed by atoms with Gasteiger partial charge in [0, 0.05) is 17.8 Å². The van der Waals surface area contributed by atoms with Crippen molar-refractivity contribution >= 4 is 0 Å². The van der Waals surface area contributed by atoms with Gasteiger partial charge in [-0.05, 0) is 37.6 Å². The molecule has 0 amide bonds. The third-order valence-corrected chi connectivity index (χ3v) is 4.23. The van der Waals surface area contributed by atoms with E-state index in [0.29, 0.717) is 17.6 Å². The highest BCUT2D eigenvalue weighted by atomic mass is 16.5. The van der Waals surface area contributed by atoms with Gasteiger partial charge in [0.15, 0.2) is 0 Å². The molecule has 4 rings (SSSR count). The van der Waals surface area contributed by atoms with Gasteiger partial charge >= 0.3 is 0 Å². The lowest BCUT2D eigenvalue weighted by Gasteiger charge is -2.19. The largest absolute Gasteiger partial charge is 0.481 e. The van der Waals surface area contributed by atoms with Gasteiger partial charge in [-0.3, -0.25) is 4.90 Å². The van der Waals surface area contributed by atoms with Gasteiger partial charge in [0.25, 0.3) is 0 Å². The maximum atomic E-state index is 5.52. The third kappa shape index (κ3) is 2.90. The molecule has 0 bridgehead atoms. The topological polar surface area (TPSA) is 77.4 Å². The first-order valence-electron chi connectivity index (χ1n) is 7.94. The van der Waals surface area contributed by atoms with Crippen LogP contribution in [-0.2, 0) is 6.54 Å². The number of furan rings is 1. The molecule has 0 spiro atoms. The summed E-state index contributed by atoms with van der Waals surface area (Å²) in [5, 5.41) is 4.10. The van der Waals surface area contributed by atoms with Crippen LogP contribution in [0.1, 0.15) is 30.5 Å². The molecule has 0 N–H and O–H groups in total. The van der Waals surface area contributed by atoms with E-state index in [1.807, 2.05) is 18.2 Å². The van der Waals surface area contributed by atoms with Crippen molar-refractivity contribution in [2.75, 3.05) is 13.7 Å². The van der Waals surface area contributed by atoms with E-state index in [4.69, 9.17) is 13.7 Å². The van der Waals surface area contributed by atoms with Crippen molar-refractivity contribution in [3.05, 3.63) is 48.4 Å². The average Bonchev–Trinajstić information content (AvgIpc) is 3.37. The lowest BCUT2D eigenvalue weighted by Crippen LogP contribution is -2.22. The van der Waals surface area contributed by atoms with Crippen molar-refractivity contribution in [2.45, 2.75) is 25.4 Å². The molecular formula is C17H18N4O3. The molecule has 1 aliphatic rings. The van der Waals surface area contributed by atoms with Crippen molar-refractivity contribution in [1.82, 2.24) is 20.0 Å². The summed E-state index contributed by atoms with van der Waals surface area (Å²) < 4.78 is 16.0. The van der Waals surface area contributed by atoms with Crippen LogP contribution in [0.3, 0.4) is 0 Å². The molecule has 1 atom stereocenters. The average molecular weight is 326 g/mol. The minimum atomic E-state index is 0.127. The Kier molecular flexibility index (Phi) is 4.00. The Morgan fingerprint density at radius 2 is 2.29 bits per heavy atom. The lowest BCUT2D eigenvalue weighted by molar-refractivity contribution is 0.188. The molecule has 124 valence electrons. The Hall–Kier alpha value is -2.67. The summed E-state index contributed by atoms with van der Waals surface area (Å²) in [7, 11) is 1.59. The van der Waals surface area contributed by atoms with Crippen molar-refractivity contribution in [1.29, 1.82) is 0 Å². The van der Waals surface area contributed by atoms with Crippen molar-refractivity contribution in [3.63, 3.8) is 0 Å². The molecule has 7 nitrogen and oxygen atoms in total. The van der Waals surface area contributed by atoms with E-state index < -0.39 is 0 Å². The predicted molar refractivity (Wildman–Crippen MR) is 85.2 cm³/mol. The summed E-state index contributed by atoms with van der Waals surface area (Å²) in [5.74, 6) is 2.69. The molecule has 1 saturated heterocycles. The van der Waals surface area contributed by atoms with Gasteiger partial charge in [0.1, 0.15) is 5.76 Å². The Bertz CT molecular complexity index is 783. The molecule has 0 aliphatic carbocycles. The van der Waals surface area contributed by atoms with Crippen LogP contribution in [0.4, 0.5) is 0 Å². The highest BCUT2D eigenvalue weighted by molar-refractivity contribution is 5.53. The molecule has 4 heterocycles. The van der Waals surface area contributed by atoms with Crippen LogP contribution in [0.15, 0.2) is 45.7 Å². The summed E-state index contributed by atoms with van der Waals surface area (Å²) in [6.45, 7) is 1.74. The van der Waals surface area contributed by atoms with Crippen LogP contribution in [0, 0.1) is 0 Å². The Morgan fingerprint density at radius 3 is 3.04 bits per heavy atom. The second kappa shape index (κ2) is 6.45. The highest BCUT2D eigenvalue weighted by Crippen LogP contribution is 2.33. The number of likely N-dealkylation sites (tertiary alicyclic amines) is 1. The van der Waals surface area contributed by atoms with Crippen LogP contribution in [0.25, 0.3) is 11.4 Å². The third-order valence-electron chi connectivity index (χ3n) is 4.23. The number of nitrogens with zero attached hydrogens (tertiary/aromatic N) is 4. The van der Waals surface area contributed by atoms with Gasteiger partial charge < -0.3 is 13.7 Å². The fourth-order valence-corrected chi connectivity index (χ4v) is 3.02. The van der Waals surface area contributed by atoms with Gasteiger partial charge in [0.05, 0.1) is 26.0 Å². The lowest BCUT2D eigenvalue weighted by atomic mass is 10.2. The smallest absolute Gasteiger partial charge is 0.244 e. The second-order valence-electron chi connectivity index (χ2n) is 5.75. The van der Waals surface area contributed by atoms with Crippen molar-refractivity contribution < 1.29 is 13.7 Å². The summed E-state index contributed by atoms with van der Waals surface area (Å²) >= 11 is 0. The van der Waals surface area contributed by atoms with Crippen LogP contribution in [0.2, 0.25) is 0 Å². The molecule has 0 unspecified atom stereocenters. The maximum absolute atomic E-state index is 5.52. The first kappa shape index (κ1) is 14.9. The molecule has 24 heavy (non-hydrogen) atoms. The molecular weight excluding hydrogens is 308 g/mol. The van der Waals surface area contributed by atoms with Gasteiger partial charge in [0.2, 0.25) is 17.6 Å². The number of ether oxygens (including phenoxy) is 1. The summed E-state index contributed by atoms with van der Waals surface area (Å²) in [6.07, 6.45) is 5.49. The number of methoxy groups -OCH3 is 1. The quantitative estimate of drug-likeness (QED) is 0.713. The van der Waals surface area contributed by atoms with Crippen LogP contribution >= 0.6 is 0 Å². The van der Waals surface area contributed by atoms with Crippen molar-refractivity contribution in [3.8, 4) is 17.3 Å². The minimum Gasteiger partial charge on any atom is -0.481 e. The van der Waals surface area contributed by atoms with E-state index in [1.165, 1.54) is 0 Å². The molecule has 1 fully saturated rings. The second-order valence-corrected chi connectivity index (χ2v) is 5.75. The van der Waals surface area contributed by atoms with Crippen molar-refractivity contribution in [2.24, 2.45) is 0 Å². The molecule has 3 aromatic rings. The number of hydrogen-bond acceptors (Lipinski definition) is 7. The number of aromatic nitrogens is 3. The zero-order chi connectivity index (χ0) is 16.4. The molecule has 3 aromatic heterocycles. The molecule has 0 aromatic carbocycles. The first-order valence-corrected chi connectivity index (χ1v) is 7.94. The Balaban J connectivity index is 1.52. The van der Waals surface area contributed by atoms with Gasteiger partial charge in [-0.1, -0.05) is 5.16 Å². The monoisotopic (exact) mass is 326 g/mol. The van der Waals surface area contributed by atoms with E-state index in [0.717, 1.165) is 37.3 Å². The van der Waals surface area contributed by atoms with Gasteiger partial charge in [-0.2, -0.15) is 4.98 Å². The number of pyridine rings is 1. The Morgan fingerprint density at radius 1 is 1.33 bits per heavy atom. The number of rotatable bonds is 5. The van der Waals surface area contributed by atoms with E-state index in [9.17, 15) is 0 Å². The minimum absolute atomic E-state index is 0.127. The number of hydrogen-bond donors (Lipinski definition) is 0. The fraction of sp³-hybridized carbons (Fsp3) is 0.353. The zero-order valence-corrected chi connectivity index (χ0v) is 13.4. The standard InChI is InChI=1S/C17H18N4O3/c1-22-15-7-6-12(10-18-15)16-19-17(24-20-16)14-5-2-8-21(14)11-13-4-3-9-23-13/h3-4,6-7,9-10,14H,2,5,8,11H2,1H3/t14-/m0/s1. The van der Waals surface area contributed by atoms with E-state index in [2.05, 4.69) is 20.0 Å². The normalized spacial score (nSPS) is 18.1. The SMILES string of the molecule is COc1ccc(-c2noc([C@@H]3CCCN3Cc3ccco3)n2)cn1. The molecule has 7 heteroatoms. The van der Waals surface area contributed by atoms with E-state index in [1.54, 1.807) is 25.6 Å². The summed E-state index contributed by atoms with van der Waals surface area (Å²) in [5.41, 5.74) is 0.807. The van der Waals surface area contributed by atoms with E-state index in [-0.39, 0.29) is 6.04 Å². The van der Waals surface area contributed by atoms with E-state index >= 15 is 0 Å². The fourth-order valence-electron chi connectivity index (χ4n) is 3.02. The predicted octanol–water partition coefficient (Wildman–Crippen LogP) is 3.07. The summed E-state index contributed by atoms with van der Waals surface area (Å²) in [6, 6.07) is 7.67. The van der Waals surface area contributed by atoms with Crippen LogP contribution < -0.4 is 4.74 Å². The first-order chi connectivity index (χ1) is 11.8. The molecule has 0 saturated carbocycles. The molecule has 1 aliphatic heterocycles. The molecule has 0 radical (unpaired) electrons.